The second-order valence-corrected chi connectivity index (χ2v) is 17.1. The number of para-hydroxylation sites is 4. The maximum Gasteiger partial charge on any atom is 0.0641 e. The number of aryl methyl sites for hydroxylation is 1. The van der Waals surface area contributed by atoms with Crippen LogP contribution in [0.3, 0.4) is 0 Å². The Morgan fingerprint density at radius 3 is 1.56 bits per heavy atom. The van der Waals surface area contributed by atoms with Crippen LogP contribution in [0.1, 0.15) is 31.5 Å². The first kappa shape index (κ1) is 36.6. The summed E-state index contributed by atoms with van der Waals surface area (Å²) in [6.45, 7) is 4.24. The predicted octanol–water partition coefficient (Wildman–Crippen LogP) is 16.0. The molecule has 0 saturated carbocycles. The number of fused-ring (bicyclic) bond motifs is 14. The van der Waals surface area contributed by atoms with Crippen molar-refractivity contribution in [2.75, 3.05) is 0 Å². The normalized spacial score (nSPS) is 13.3. The summed E-state index contributed by atoms with van der Waals surface area (Å²) in [5.74, 6) is 0. The minimum Gasteiger partial charge on any atom is -0.310 e. The minimum atomic E-state index is 1.02. The summed E-state index contributed by atoms with van der Waals surface area (Å²) in [5, 5.41) is 8.96. The highest BCUT2D eigenvalue weighted by atomic mass is 15.0. The molecule has 0 radical (unpaired) electrons. The van der Waals surface area contributed by atoms with Crippen LogP contribution >= 0.6 is 0 Å². The molecular formula is C60H44N4. The zero-order valence-electron chi connectivity index (χ0n) is 35.8. The maximum atomic E-state index is 2.50. The van der Waals surface area contributed by atoms with Crippen molar-refractivity contribution < 1.29 is 0 Å². The zero-order valence-corrected chi connectivity index (χ0v) is 35.8. The van der Waals surface area contributed by atoms with Crippen LogP contribution in [0.4, 0.5) is 0 Å². The molecule has 0 saturated heterocycles. The molecule has 304 valence electrons. The molecule has 64 heavy (non-hydrogen) atoms. The van der Waals surface area contributed by atoms with Crippen molar-refractivity contribution in [3.63, 3.8) is 0 Å². The Bertz CT molecular complexity index is 3930. The quantitative estimate of drug-likeness (QED) is 0.149. The van der Waals surface area contributed by atoms with Gasteiger partial charge in [0.1, 0.15) is 0 Å². The van der Waals surface area contributed by atoms with Crippen molar-refractivity contribution in [3.05, 3.63) is 211 Å². The summed E-state index contributed by atoms with van der Waals surface area (Å²) < 4.78 is 9.85. The average Bonchev–Trinajstić information content (AvgIpc) is 4.09. The van der Waals surface area contributed by atoms with Gasteiger partial charge < -0.3 is 18.3 Å². The molecule has 0 aliphatic heterocycles. The lowest BCUT2D eigenvalue weighted by Crippen LogP contribution is -2.00. The monoisotopic (exact) mass is 820 g/mol. The van der Waals surface area contributed by atoms with E-state index < -0.39 is 0 Å². The van der Waals surface area contributed by atoms with Gasteiger partial charge in [0.25, 0.3) is 0 Å². The molecule has 0 fully saturated rings. The van der Waals surface area contributed by atoms with E-state index in [4.69, 9.17) is 0 Å². The SMILES string of the molecule is C/C=C\C(=C/C)n1c2c(c3c1ccc1c4ccccc4n(-c4ccc(-c5ccc(-n6c7ccccc7c7c6ccc6c8ccccc8n(-c8ccccc8)c67)cc5)cc4)c13)CCC=C2. The van der Waals surface area contributed by atoms with Gasteiger partial charge in [-0.3, -0.25) is 0 Å². The smallest absolute Gasteiger partial charge is 0.0641 e. The van der Waals surface area contributed by atoms with Crippen LogP contribution in [0, 0.1) is 0 Å². The van der Waals surface area contributed by atoms with Crippen LogP contribution < -0.4 is 0 Å². The first-order valence-corrected chi connectivity index (χ1v) is 22.5. The number of benzene rings is 8. The molecule has 4 nitrogen and oxygen atoms in total. The van der Waals surface area contributed by atoms with Gasteiger partial charge in [-0.15, -0.1) is 0 Å². The van der Waals surface area contributed by atoms with E-state index in [9.17, 15) is 0 Å². The molecule has 0 bridgehead atoms. The van der Waals surface area contributed by atoms with E-state index in [1.54, 1.807) is 0 Å². The Morgan fingerprint density at radius 2 is 0.953 bits per heavy atom. The van der Waals surface area contributed by atoms with Crippen molar-refractivity contribution in [1.82, 2.24) is 18.3 Å². The molecule has 1 aliphatic carbocycles. The Labute approximate surface area is 371 Å². The molecule has 0 spiro atoms. The second kappa shape index (κ2) is 14.2. The molecule has 4 aromatic heterocycles. The molecule has 0 unspecified atom stereocenters. The highest BCUT2D eigenvalue weighted by Gasteiger charge is 2.25. The van der Waals surface area contributed by atoms with Crippen molar-refractivity contribution >= 4 is 88.1 Å². The molecule has 0 amide bonds. The predicted molar refractivity (Wildman–Crippen MR) is 273 cm³/mol. The third-order valence-electron chi connectivity index (χ3n) is 13.7. The van der Waals surface area contributed by atoms with E-state index >= 15 is 0 Å². The maximum absolute atomic E-state index is 2.50. The van der Waals surface area contributed by atoms with E-state index in [2.05, 4.69) is 238 Å². The molecule has 12 aromatic rings. The standard InChI is InChI=1S/C60H44N4/c1-3-16-41(4-2)61-53-25-14-10-21-49(53)57-55(61)37-35-48-46-20-9-13-24-52(46)64(60(48)57)44-33-29-40(30-34-44)39-27-31-43(32-28-39)62-54-26-15-11-22-50(54)58-56(62)38-36-47-45-19-8-12-23-51(45)63(59(47)58)42-17-6-5-7-18-42/h3-9,11-20,22-38H,10,21H2,1-2H3/b16-3-,41-4+. The molecule has 1 aliphatic rings. The van der Waals surface area contributed by atoms with Gasteiger partial charge in [-0.25, -0.2) is 0 Å². The van der Waals surface area contributed by atoms with Gasteiger partial charge in [-0.1, -0.05) is 127 Å². The summed E-state index contributed by atoms with van der Waals surface area (Å²) in [6.07, 6.45) is 13.3. The molecular weight excluding hydrogens is 777 g/mol. The van der Waals surface area contributed by atoms with Crippen molar-refractivity contribution in [2.45, 2.75) is 26.7 Å². The molecule has 4 heteroatoms. The highest BCUT2D eigenvalue weighted by molar-refractivity contribution is 6.26. The fourth-order valence-corrected chi connectivity index (χ4v) is 11.0. The van der Waals surface area contributed by atoms with E-state index in [0.717, 1.165) is 24.2 Å². The topological polar surface area (TPSA) is 19.7 Å². The van der Waals surface area contributed by atoms with E-state index in [1.807, 2.05) is 0 Å². The van der Waals surface area contributed by atoms with Crippen LogP contribution in [0.2, 0.25) is 0 Å². The van der Waals surface area contributed by atoms with E-state index in [-0.39, 0.29) is 0 Å². The van der Waals surface area contributed by atoms with Crippen LogP contribution in [0.5, 0.6) is 0 Å². The third kappa shape index (κ3) is 5.17. The Kier molecular flexibility index (Phi) is 8.13. The summed E-state index contributed by atoms with van der Waals surface area (Å²) in [5.41, 5.74) is 18.4. The van der Waals surface area contributed by atoms with Gasteiger partial charge in [0.05, 0.1) is 38.6 Å². The van der Waals surface area contributed by atoms with Crippen molar-refractivity contribution in [3.8, 4) is 28.2 Å². The van der Waals surface area contributed by atoms with Crippen molar-refractivity contribution in [2.24, 2.45) is 0 Å². The number of rotatable bonds is 6. The largest absolute Gasteiger partial charge is 0.310 e. The van der Waals surface area contributed by atoms with Crippen LogP contribution in [-0.4, -0.2) is 18.3 Å². The first-order valence-electron chi connectivity index (χ1n) is 22.5. The summed E-state index contributed by atoms with van der Waals surface area (Å²) in [6, 6.07) is 64.9. The molecule has 0 atom stereocenters. The fraction of sp³-hybridized carbons (Fsp3) is 0.0667. The molecule has 13 rings (SSSR count). The second-order valence-electron chi connectivity index (χ2n) is 17.1. The van der Waals surface area contributed by atoms with E-state index in [1.165, 1.54) is 110 Å². The first-order chi connectivity index (χ1) is 31.7. The van der Waals surface area contributed by atoms with Gasteiger partial charge in [-0.05, 0) is 122 Å². The van der Waals surface area contributed by atoms with E-state index in [0.29, 0.717) is 0 Å². The van der Waals surface area contributed by atoms with Crippen LogP contribution in [-0.2, 0) is 6.42 Å². The molecule has 0 N–H and O–H groups in total. The highest BCUT2D eigenvalue weighted by Crippen LogP contribution is 2.44. The Morgan fingerprint density at radius 1 is 0.438 bits per heavy atom. The lowest BCUT2D eigenvalue weighted by Gasteiger charge is -2.12. The lowest BCUT2D eigenvalue weighted by molar-refractivity contribution is 0.974. The van der Waals surface area contributed by atoms with Gasteiger partial charge in [0.2, 0.25) is 0 Å². The van der Waals surface area contributed by atoms with Crippen molar-refractivity contribution in [1.29, 1.82) is 0 Å². The van der Waals surface area contributed by atoms with Gasteiger partial charge in [0, 0.05) is 66.2 Å². The lowest BCUT2D eigenvalue weighted by atomic mass is 9.99. The van der Waals surface area contributed by atoms with Crippen LogP contribution in [0.25, 0.3) is 116 Å². The minimum absolute atomic E-state index is 1.02. The molecule has 4 heterocycles. The summed E-state index contributed by atoms with van der Waals surface area (Å²) in [7, 11) is 0. The van der Waals surface area contributed by atoms with Crippen LogP contribution in [0.15, 0.2) is 200 Å². The number of nitrogens with zero attached hydrogens (tertiary/aromatic N) is 4. The Hall–Kier alpha value is -8.08. The summed E-state index contributed by atoms with van der Waals surface area (Å²) in [4.78, 5) is 0. The number of hydrogen-bond acceptors (Lipinski definition) is 0. The summed E-state index contributed by atoms with van der Waals surface area (Å²) >= 11 is 0. The zero-order chi connectivity index (χ0) is 42.5. The fourth-order valence-electron chi connectivity index (χ4n) is 11.0. The number of hydrogen-bond donors (Lipinski definition) is 0. The average molecular weight is 821 g/mol. The van der Waals surface area contributed by atoms with Gasteiger partial charge >= 0.3 is 0 Å². The number of aromatic nitrogens is 4. The van der Waals surface area contributed by atoms with Gasteiger partial charge in [0.15, 0.2) is 0 Å². The molecule has 8 aromatic carbocycles. The third-order valence-corrected chi connectivity index (χ3v) is 13.7. The Balaban J connectivity index is 0.944. The van der Waals surface area contributed by atoms with Gasteiger partial charge in [-0.2, -0.15) is 0 Å². The number of allylic oxidation sites excluding steroid dienone is 5.